The van der Waals surface area contributed by atoms with Crippen molar-refractivity contribution in [2.45, 2.75) is 12.6 Å². The molecule has 0 saturated heterocycles. The normalized spacial score (nSPS) is 12.1. The van der Waals surface area contributed by atoms with E-state index in [2.05, 4.69) is 10.5 Å². The number of nitrogens with one attached hydrogen (secondary N) is 1. The maximum atomic E-state index is 10.4. The summed E-state index contributed by atoms with van der Waals surface area (Å²) < 4.78 is 0. The van der Waals surface area contributed by atoms with Crippen LogP contribution >= 0.6 is 0 Å². The van der Waals surface area contributed by atoms with Gasteiger partial charge in [0.2, 0.25) is 0 Å². The van der Waals surface area contributed by atoms with Crippen LogP contribution in [0.1, 0.15) is 5.56 Å². The number of aliphatic carboxylic acids is 1. The first-order valence-corrected chi connectivity index (χ1v) is 4.75. The van der Waals surface area contributed by atoms with Gasteiger partial charge in [0.05, 0.1) is 0 Å². The van der Waals surface area contributed by atoms with Crippen molar-refractivity contribution in [2.75, 3.05) is 6.54 Å². The second-order valence-corrected chi connectivity index (χ2v) is 3.30. The zero-order chi connectivity index (χ0) is 12.0. The van der Waals surface area contributed by atoms with Gasteiger partial charge in [0, 0.05) is 13.1 Å². The molecule has 6 nitrogen and oxygen atoms in total. The molecule has 0 fully saturated rings. The minimum Gasteiger partial charge on any atom is -0.480 e. The number of carbonyl (C=O) groups is 1. The van der Waals surface area contributed by atoms with Gasteiger partial charge in [0.15, 0.2) is 0 Å². The van der Waals surface area contributed by atoms with Gasteiger partial charge in [-0.25, -0.2) is 0 Å². The van der Waals surface area contributed by atoms with E-state index in [1.807, 2.05) is 0 Å². The summed E-state index contributed by atoms with van der Waals surface area (Å²) >= 11 is 0. The Morgan fingerprint density at radius 3 is 2.81 bits per heavy atom. The number of carboxylic acids is 1. The number of hydrogen-bond acceptors (Lipinski definition) is 5. The molecule has 0 heterocycles. The number of benzene rings is 1. The molecule has 0 aromatic heterocycles. The Balaban J connectivity index is 2.48. The summed E-state index contributed by atoms with van der Waals surface area (Å²) in [6.45, 7) is 0.505. The van der Waals surface area contributed by atoms with E-state index in [0.717, 1.165) is 5.56 Å². The van der Waals surface area contributed by atoms with Crippen molar-refractivity contribution in [1.29, 1.82) is 0 Å². The van der Waals surface area contributed by atoms with E-state index in [1.54, 1.807) is 24.3 Å². The molecule has 1 aromatic rings. The van der Waals surface area contributed by atoms with Gasteiger partial charge < -0.3 is 16.2 Å². The maximum Gasteiger partial charge on any atom is 0.321 e. The molecule has 0 spiro atoms. The molecule has 0 aliphatic carbocycles. The molecule has 0 radical (unpaired) electrons. The monoisotopic (exact) mass is 223 g/mol. The van der Waals surface area contributed by atoms with E-state index >= 15 is 0 Å². The van der Waals surface area contributed by atoms with Crippen molar-refractivity contribution in [1.82, 2.24) is 5.32 Å². The van der Waals surface area contributed by atoms with E-state index < -0.39 is 12.0 Å². The summed E-state index contributed by atoms with van der Waals surface area (Å²) in [4.78, 5) is 20.9. The minimum absolute atomic E-state index is 0.141. The van der Waals surface area contributed by atoms with E-state index in [0.29, 0.717) is 12.2 Å². The molecule has 0 aliphatic rings. The average Bonchev–Trinajstić information content (AvgIpc) is 2.29. The SMILES string of the molecule is N[C@@H](CNCc1ccccc1N=O)C(=O)O. The molecule has 86 valence electrons. The average molecular weight is 223 g/mol. The largest absolute Gasteiger partial charge is 0.480 e. The van der Waals surface area contributed by atoms with E-state index in [4.69, 9.17) is 10.8 Å². The summed E-state index contributed by atoms with van der Waals surface area (Å²) in [5, 5.41) is 14.3. The molecule has 4 N–H and O–H groups in total. The Hall–Kier alpha value is -1.79. The predicted octanol–water partition coefficient (Wildman–Crippen LogP) is 0.586. The Bertz CT molecular complexity index is 381. The van der Waals surface area contributed by atoms with Gasteiger partial charge in [-0.05, 0) is 16.8 Å². The predicted molar refractivity (Wildman–Crippen MR) is 59.2 cm³/mol. The van der Waals surface area contributed by atoms with E-state index in [9.17, 15) is 9.70 Å². The smallest absolute Gasteiger partial charge is 0.321 e. The molecule has 0 aliphatic heterocycles. The molecule has 1 aromatic carbocycles. The van der Waals surface area contributed by atoms with Crippen LogP contribution in [0.25, 0.3) is 0 Å². The lowest BCUT2D eigenvalue weighted by molar-refractivity contribution is -0.138. The van der Waals surface area contributed by atoms with Crippen LogP contribution in [0.2, 0.25) is 0 Å². The van der Waals surface area contributed by atoms with Crippen molar-refractivity contribution < 1.29 is 9.90 Å². The Kier molecular flexibility index (Phi) is 4.56. The molecule has 0 saturated carbocycles. The van der Waals surface area contributed by atoms with E-state index in [1.165, 1.54) is 0 Å². The van der Waals surface area contributed by atoms with Crippen LogP contribution in [0, 0.1) is 4.91 Å². The molecule has 6 heteroatoms. The third-order valence-electron chi connectivity index (χ3n) is 2.09. The van der Waals surface area contributed by atoms with Gasteiger partial charge in [-0.15, -0.1) is 4.91 Å². The first-order valence-electron chi connectivity index (χ1n) is 4.75. The highest BCUT2D eigenvalue weighted by Crippen LogP contribution is 2.17. The standard InChI is InChI=1S/C10H13N3O3/c11-8(10(14)15)6-12-5-7-3-1-2-4-9(7)13-16/h1-4,8,12H,5-6,11H2,(H,14,15)/t8-/m0/s1. The minimum atomic E-state index is -1.06. The highest BCUT2D eigenvalue weighted by atomic mass is 16.4. The van der Waals surface area contributed by atoms with Crippen LogP contribution in [-0.4, -0.2) is 23.7 Å². The Morgan fingerprint density at radius 2 is 2.19 bits per heavy atom. The van der Waals surface area contributed by atoms with Crippen molar-refractivity contribution in [2.24, 2.45) is 10.9 Å². The summed E-state index contributed by atoms with van der Waals surface area (Å²) in [5.41, 5.74) is 6.37. The van der Waals surface area contributed by atoms with Crippen molar-refractivity contribution in [3.8, 4) is 0 Å². The lowest BCUT2D eigenvalue weighted by Crippen LogP contribution is -2.40. The van der Waals surface area contributed by atoms with Gasteiger partial charge in [0.1, 0.15) is 11.7 Å². The van der Waals surface area contributed by atoms with Crippen LogP contribution in [-0.2, 0) is 11.3 Å². The highest BCUT2D eigenvalue weighted by Gasteiger charge is 2.10. The van der Waals surface area contributed by atoms with Crippen molar-refractivity contribution in [3.05, 3.63) is 34.7 Å². The number of carboxylic acid groups (broad SMARTS) is 1. The topological polar surface area (TPSA) is 105 Å². The van der Waals surface area contributed by atoms with Crippen LogP contribution in [0.3, 0.4) is 0 Å². The van der Waals surface area contributed by atoms with Crippen molar-refractivity contribution >= 4 is 11.7 Å². The molecule has 0 bridgehead atoms. The first-order chi connectivity index (χ1) is 7.65. The molecule has 1 rings (SSSR count). The first kappa shape index (κ1) is 12.3. The zero-order valence-electron chi connectivity index (χ0n) is 8.59. The number of rotatable bonds is 6. The summed E-state index contributed by atoms with van der Waals surface area (Å²) in [6, 6.07) is 5.89. The third kappa shape index (κ3) is 3.41. The molecule has 1 atom stereocenters. The Labute approximate surface area is 92.4 Å². The zero-order valence-corrected chi connectivity index (χ0v) is 8.59. The van der Waals surface area contributed by atoms with Gasteiger partial charge in [-0.1, -0.05) is 18.2 Å². The van der Waals surface area contributed by atoms with Gasteiger partial charge in [0.25, 0.3) is 0 Å². The second kappa shape index (κ2) is 5.94. The number of nitrogens with two attached hydrogens (primary N) is 1. The molecular weight excluding hydrogens is 210 g/mol. The third-order valence-corrected chi connectivity index (χ3v) is 2.09. The number of hydrogen-bond donors (Lipinski definition) is 3. The number of nitrogens with zero attached hydrogens (tertiary/aromatic N) is 1. The molecule has 0 unspecified atom stereocenters. The second-order valence-electron chi connectivity index (χ2n) is 3.30. The fourth-order valence-electron chi connectivity index (χ4n) is 1.20. The van der Waals surface area contributed by atoms with E-state index in [-0.39, 0.29) is 6.54 Å². The Morgan fingerprint density at radius 1 is 1.50 bits per heavy atom. The number of nitroso groups, excluding NO2 is 1. The van der Waals surface area contributed by atoms with Crippen molar-refractivity contribution in [3.63, 3.8) is 0 Å². The van der Waals surface area contributed by atoms with Crippen LogP contribution in [0.15, 0.2) is 29.4 Å². The highest BCUT2D eigenvalue weighted by molar-refractivity contribution is 5.73. The quantitative estimate of drug-likeness (QED) is 0.612. The van der Waals surface area contributed by atoms with Crippen LogP contribution in [0.4, 0.5) is 5.69 Å². The lowest BCUT2D eigenvalue weighted by atomic mass is 10.2. The maximum absolute atomic E-state index is 10.4. The summed E-state index contributed by atoms with van der Waals surface area (Å²) in [5.74, 6) is -1.06. The molecule has 0 amide bonds. The van der Waals surface area contributed by atoms with Gasteiger partial charge in [-0.3, -0.25) is 4.79 Å². The van der Waals surface area contributed by atoms with Gasteiger partial charge in [-0.2, -0.15) is 0 Å². The molecular formula is C10H13N3O3. The van der Waals surface area contributed by atoms with Crippen LogP contribution in [0.5, 0.6) is 0 Å². The summed E-state index contributed by atoms with van der Waals surface area (Å²) in [6.07, 6.45) is 0. The van der Waals surface area contributed by atoms with Gasteiger partial charge >= 0.3 is 5.97 Å². The fourth-order valence-corrected chi connectivity index (χ4v) is 1.20. The lowest BCUT2D eigenvalue weighted by Gasteiger charge is -2.08. The summed E-state index contributed by atoms with van der Waals surface area (Å²) in [7, 11) is 0. The van der Waals surface area contributed by atoms with Crippen LogP contribution < -0.4 is 11.1 Å². The molecule has 16 heavy (non-hydrogen) atoms. The fraction of sp³-hybridized carbons (Fsp3) is 0.300.